The number of nitro benzene ring substituents is 1. The minimum Gasteiger partial charge on any atom is -0.481 e. The molecule has 7 nitrogen and oxygen atoms in total. The Labute approximate surface area is 137 Å². The molecule has 24 heavy (non-hydrogen) atoms. The second-order valence-corrected chi connectivity index (χ2v) is 6.86. The zero-order chi connectivity index (χ0) is 17.1. The summed E-state index contributed by atoms with van der Waals surface area (Å²) >= 11 is 0. The largest absolute Gasteiger partial charge is 0.481 e. The molecule has 0 saturated heterocycles. The first-order valence-electron chi connectivity index (χ1n) is 7.90. The summed E-state index contributed by atoms with van der Waals surface area (Å²) in [6.07, 6.45) is 5.85. The zero-order valence-corrected chi connectivity index (χ0v) is 12.7. The number of carbonyl (C=O) groups is 2. The summed E-state index contributed by atoms with van der Waals surface area (Å²) in [5, 5.41) is 23.1. The van der Waals surface area contributed by atoms with Gasteiger partial charge in [0.25, 0.3) is 5.69 Å². The number of hydrogen-bond acceptors (Lipinski definition) is 4. The van der Waals surface area contributed by atoms with E-state index in [1.165, 1.54) is 18.2 Å². The average molecular weight is 328 g/mol. The van der Waals surface area contributed by atoms with Crippen molar-refractivity contribution in [2.75, 3.05) is 5.32 Å². The molecule has 124 valence electrons. The van der Waals surface area contributed by atoms with Gasteiger partial charge in [-0.3, -0.25) is 19.7 Å². The molecule has 7 heteroatoms. The molecule has 1 aromatic rings. The first-order valence-corrected chi connectivity index (χ1v) is 7.90. The maximum absolute atomic E-state index is 12.7. The van der Waals surface area contributed by atoms with Crippen molar-refractivity contribution in [1.82, 2.24) is 0 Å². The Morgan fingerprint density at radius 1 is 1.21 bits per heavy atom. The van der Waals surface area contributed by atoms with E-state index < -0.39 is 22.7 Å². The monoisotopic (exact) mass is 328 g/mol. The predicted octanol–water partition coefficient (Wildman–Crippen LogP) is 2.45. The van der Waals surface area contributed by atoms with Crippen molar-refractivity contribution in [2.24, 2.45) is 29.1 Å². The molecule has 0 unspecified atom stereocenters. The molecule has 1 aromatic carbocycles. The summed E-state index contributed by atoms with van der Waals surface area (Å²) in [7, 11) is 0. The molecule has 2 fully saturated rings. The van der Waals surface area contributed by atoms with E-state index in [0.29, 0.717) is 5.69 Å². The Morgan fingerprint density at radius 3 is 2.46 bits per heavy atom. The number of carboxylic acid groups (broad SMARTS) is 1. The van der Waals surface area contributed by atoms with Crippen LogP contribution in [0, 0.1) is 39.2 Å². The number of hydrogen-bond donors (Lipinski definition) is 2. The van der Waals surface area contributed by atoms with Crippen molar-refractivity contribution in [3.63, 3.8) is 0 Å². The third-order valence-corrected chi connectivity index (χ3v) is 5.75. The van der Waals surface area contributed by atoms with Crippen LogP contribution >= 0.6 is 0 Å². The maximum atomic E-state index is 12.7. The number of non-ortho nitro benzene ring substituents is 1. The highest BCUT2D eigenvalue weighted by atomic mass is 16.6. The van der Waals surface area contributed by atoms with Crippen molar-refractivity contribution in [3.05, 3.63) is 46.5 Å². The second-order valence-electron chi connectivity index (χ2n) is 6.86. The molecule has 0 aromatic heterocycles. The summed E-state index contributed by atoms with van der Waals surface area (Å²) in [4.78, 5) is 34.8. The van der Waals surface area contributed by atoms with E-state index in [4.69, 9.17) is 0 Å². The Kier molecular flexibility index (Phi) is 3.03. The summed E-state index contributed by atoms with van der Waals surface area (Å²) in [6.45, 7) is 0. The fourth-order valence-electron chi connectivity index (χ4n) is 4.61. The molecule has 0 aliphatic heterocycles. The Morgan fingerprint density at radius 2 is 1.88 bits per heavy atom. The van der Waals surface area contributed by atoms with Gasteiger partial charge >= 0.3 is 5.97 Å². The van der Waals surface area contributed by atoms with Gasteiger partial charge in [-0.2, -0.15) is 0 Å². The van der Waals surface area contributed by atoms with Crippen molar-refractivity contribution < 1.29 is 19.6 Å². The Hall–Kier alpha value is -2.70. The molecule has 2 bridgehead atoms. The van der Waals surface area contributed by atoms with Gasteiger partial charge in [-0.05, 0) is 36.2 Å². The first-order chi connectivity index (χ1) is 11.4. The number of carbonyl (C=O) groups excluding carboxylic acids is 1. The van der Waals surface area contributed by atoms with Crippen molar-refractivity contribution in [2.45, 2.75) is 12.8 Å². The van der Waals surface area contributed by atoms with Crippen LogP contribution in [0.3, 0.4) is 0 Å². The van der Waals surface area contributed by atoms with Gasteiger partial charge in [0.15, 0.2) is 0 Å². The van der Waals surface area contributed by atoms with E-state index in [9.17, 15) is 24.8 Å². The molecule has 1 amide bonds. The molecule has 4 rings (SSSR count). The van der Waals surface area contributed by atoms with Crippen LogP contribution < -0.4 is 5.32 Å². The lowest BCUT2D eigenvalue weighted by Crippen LogP contribution is -2.36. The number of carboxylic acids is 1. The molecule has 3 aliphatic carbocycles. The highest BCUT2D eigenvalue weighted by Crippen LogP contribution is 2.72. The smallest absolute Gasteiger partial charge is 0.307 e. The molecule has 0 heterocycles. The van der Waals surface area contributed by atoms with Crippen molar-refractivity contribution in [3.8, 4) is 0 Å². The van der Waals surface area contributed by atoms with Crippen LogP contribution in [-0.4, -0.2) is 21.9 Å². The molecule has 2 saturated carbocycles. The fourth-order valence-corrected chi connectivity index (χ4v) is 4.61. The Balaban J connectivity index is 1.60. The number of allylic oxidation sites excluding steroid dienone is 2. The summed E-state index contributed by atoms with van der Waals surface area (Å²) < 4.78 is 0. The number of nitro groups is 1. The number of anilines is 1. The first kappa shape index (κ1) is 14.9. The van der Waals surface area contributed by atoms with E-state index in [-0.39, 0.29) is 28.8 Å². The number of nitrogens with zero attached hydrogens (tertiary/aromatic N) is 1. The topological polar surface area (TPSA) is 110 Å². The van der Waals surface area contributed by atoms with Crippen LogP contribution in [0.1, 0.15) is 12.8 Å². The van der Waals surface area contributed by atoms with Gasteiger partial charge in [0.05, 0.1) is 16.8 Å². The molecule has 0 radical (unpaired) electrons. The lowest BCUT2D eigenvalue weighted by molar-refractivity contribution is -0.384. The average Bonchev–Trinajstić information content (AvgIpc) is 3.20. The molecule has 1 spiro atoms. The summed E-state index contributed by atoms with van der Waals surface area (Å²) in [6, 6.07) is 5.68. The van der Waals surface area contributed by atoms with Gasteiger partial charge in [0, 0.05) is 17.8 Å². The van der Waals surface area contributed by atoms with Crippen LogP contribution in [0.5, 0.6) is 0 Å². The van der Waals surface area contributed by atoms with E-state index in [0.717, 1.165) is 12.8 Å². The third kappa shape index (κ3) is 1.97. The van der Waals surface area contributed by atoms with Gasteiger partial charge in [-0.25, -0.2) is 0 Å². The quantitative estimate of drug-likeness (QED) is 0.501. The second kappa shape index (κ2) is 4.90. The number of aliphatic carboxylic acids is 1. The molecule has 2 N–H and O–H groups in total. The zero-order valence-electron chi connectivity index (χ0n) is 12.7. The lowest BCUT2D eigenvalue weighted by atomic mass is 9.82. The fraction of sp³-hybridized carbons (Fsp3) is 0.412. The van der Waals surface area contributed by atoms with Crippen molar-refractivity contribution in [1.29, 1.82) is 0 Å². The molecular formula is C17H16N2O5. The van der Waals surface area contributed by atoms with Gasteiger partial charge in [-0.15, -0.1) is 0 Å². The highest BCUT2D eigenvalue weighted by Gasteiger charge is 2.70. The standard InChI is InChI=1S/C17H16N2O5/c20-15(18-9-2-1-3-10(8-9)19(23)24)13-11-4-5-12(14(13)16(21)22)17(11)6-7-17/h1-5,8,11-14H,6-7H2,(H,18,20)(H,21,22)/t11-,12+,13-,14+/m1/s1. The van der Waals surface area contributed by atoms with Crippen LogP contribution in [0.15, 0.2) is 36.4 Å². The number of nitrogens with one attached hydrogen (secondary N) is 1. The minimum absolute atomic E-state index is 0.0479. The van der Waals surface area contributed by atoms with Crippen LogP contribution in [-0.2, 0) is 9.59 Å². The van der Waals surface area contributed by atoms with E-state index >= 15 is 0 Å². The van der Waals surface area contributed by atoms with Gasteiger partial charge < -0.3 is 10.4 Å². The number of amides is 1. The number of rotatable bonds is 4. The van der Waals surface area contributed by atoms with Gasteiger partial charge in [0.1, 0.15) is 0 Å². The summed E-state index contributed by atoms with van der Waals surface area (Å²) in [5.74, 6) is -2.80. The minimum atomic E-state index is -0.947. The molecule has 4 atom stereocenters. The van der Waals surface area contributed by atoms with Crippen LogP contribution in [0.4, 0.5) is 11.4 Å². The Bertz CT molecular complexity index is 783. The van der Waals surface area contributed by atoms with E-state index in [2.05, 4.69) is 5.32 Å². The molecular weight excluding hydrogens is 312 g/mol. The van der Waals surface area contributed by atoms with Crippen molar-refractivity contribution >= 4 is 23.3 Å². The normalized spacial score (nSPS) is 31.2. The van der Waals surface area contributed by atoms with Gasteiger partial charge in [-0.1, -0.05) is 18.2 Å². The van der Waals surface area contributed by atoms with Crippen LogP contribution in [0.25, 0.3) is 0 Å². The molecule has 3 aliphatic rings. The van der Waals surface area contributed by atoms with E-state index in [1.807, 2.05) is 12.2 Å². The lowest BCUT2D eigenvalue weighted by Gasteiger charge is -2.23. The third-order valence-electron chi connectivity index (χ3n) is 5.75. The SMILES string of the molecule is O=C(O)[C@@H]1[C@H](C(=O)Nc2cccc([N+](=O)[O-])c2)[C@H]2C=C[C@@H]1C21CC1. The maximum Gasteiger partial charge on any atom is 0.307 e. The number of benzene rings is 1. The van der Waals surface area contributed by atoms with E-state index in [1.54, 1.807) is 6.07 Å². The van der Waals surface area contributed by atoms with Gasteiger partial charge in [0.2, 0.25) is 5.91 Å². The highest BCUT2D eigenvalue weighted by molar-refractivity contribution is 5.97. The predicted molar refractivity (Wildman–Crippen MR) is 84.1 cm³/mol. The van der Waals surface area contributed by atoms with Crippen LogP contribution in [0.2, 0.25) is 0 Å². The summed E-state index contributed by atoms with van der Waals surface area (Å²) in [5.41, 5.74) is 0.150.